The van der Waals surface area contributed by atoms with Crippen LogP contribution in [0.15, 0.2) is 4.52 Å². The fourth-order valence-electron chi connectivity index (χ4n) is 1.77. The van der Waals surface area contributed by atoms with Crippen LogP contribution in [-0.2, 0) is 6.42 Å². The van der Waals surface area contributed by atoms with E-state index in [0.717, 1.165) is 19.3 Å². The Labute approximate surface area is 81.9 Å². The van der Waals surface area contributed by atoms with E-state index < -0.39 is 5.97 Å². The van der Waals surface area contributed by atoms with Gasteiger partial charge >= 0.3 is 5.97 Å². The highest BCUT2D eigenvalue weighted by Gasteiger charge is 2.30. The van der Waals surface area contributed by atoms with Gasteiger partial charge in [-0.05, 0) is 12.8 Å². The van der Waals surface area contributed by atoms with E-state index in [4.69, 9.17) is 9.63 Å². The molecule has 0 amide bonds. The molecule has 0 atom stereocenters. The molecule has 0 unspecified atom stereocenters. The van der Waals surface area contributed by atoms with Gasteiger partial charge < -0.3 is 9.63 Å². The number of aromatic carboxylic acids is 1. The molecule has 76 valence electrons. The molecule has 1 fully saturated rings. The second-order valence-electron chi connectivity index (χ2n) is 3.65. The molecule has 14 heavy (non-hydrogen) atoms. The number of carbonyl (C=O) groups is 1. The van der Waals surface area contributed by atoms with Crippen molar-refractivity contribution in [1.29, 1.82) is 0 Å². The van der Waals surface area contributed by atoms with E-state index in [2.05, 4.69) is 5.16 Å². The van der Waals surface area contributed by atoms with Crippen LogP contribution in [0, 0.1) is 0 Å². The van der Waals surface area contributed by atoms with Crippen molar-refractivity contribution < 1.29 is 14.4 Å². The number of aromatic nitrogens is 1. The highest BCUT2D eigenvalue weighted by Crippen LogP contribution is 2.38. The van der Waals surface area contributed by atoms with Gasteiger partial charge in [-0.2, -0.15) is 0 Å². The van der Waals surface area contributed by atoms with Gasteiger partial charge in [0.15, 0.2) is 5.76 Å². The minimum absolute atomic E-state index is 0.303. The Morgan fingerprint density at radius 2 is 2.36 bits per heavy atom. The predicted octanol–water partition coefficient (Wildman–Crippen LogP) is 2.20. The molecule has 1 aliphatic carbocycles. The topological polar surface area (TPSA) is 63.3 Å². The molecule has 1 heterocycles. The van der Waals surface area contributed by atoms with Crippen molar-refractivity contribution in [3.63, 3.8) is 0 Å². The summed E-state index contributed by atoms with van der Waals surface area (Å²) in [5.41, 5.74) is 0.956. The Balaban J connectivity index is 2.38. The lowest BCUT2D eigenvalue weighted by atomic mass is 9.81. The first-order valence-corrected chi connectivity index (χ1v) is 4.95. The molecule has 0 aliphatic heterocycles. The van der Waals surface area contributed by atoms with E-state index in [-0.39, 0.29) is 0 Å². The number of carboxylic acid groups (broad SMARTS) is 1. The van der Waals surface area contributed by atoms with Crippen LogP contribution in [0.25, 0.3) is 0 Å². The summed E-state index contributed by atoms with van der Waals surface area (Å²) in [6, 6.07) is 0. The van der Waals surface area contributed by atoms with E-state index in [0.29, 0.717) is 29.4 Å². The lowest BCUT2D eigenvalue weighted by Gasteiger charge is -2.23. The molecular formula is C10H13NO3. The Morgan fingerprint density at radius 3 is 2.79 bits per heavy atom. The minimum Gasteiger partial charge on any atom is -0.477 e. The fourth-order valence-corrected chi connectivity index (χ4v) is 1.77. The lowest BCUT2D eigenvalue weighted by molar-refractivity contribution is 0.0692. The summed E-state index contributed by atoms with van der Waals surface area (Å²) < 4.78 is 5.03. The van der Waals surface area contributed by atoms with Crippen molar-refractivity contribution in [2.45, 2.75) is 38.5 Å². The van der Waals surface area contributed by atoms with E-state index in [1.807, 2.05) is 6.92 Å². The van der Waals surface area contributed by atoms with Gasteiger partial charge in [0.05, 0.1) is 0 Å². The zero-order valence-corrected chi connectivity index (χ0v) is 8.12. The van der Waals surface area contributed by atoms with E-state index >= 15 is 0 Å². The van der Waals surface area contributed by atoms with E-state index in [1.165, 1.54) is 0 Å². The van der Waals surface area contributed by atoms with Gasteiger partial charge in [0.1, 0.15) is 11.3 Å². The highest BCUT2D eigenvalue weighted by molar-refractivity contribution is 5.90. The fraction of sp³-hybridized carbons (Fsp3) is 0.600. The maximum atomic E-state index is 11.0. The Morgan fingerprint density at radius 1 is 1.64 bits per heavy atom. The Kier molecular flexibility index (Phi) is 2.27. The van der Waals surface area contributed by atoms with Gasteiger partial charge in [-0.3, -0.25) is 0 Å². The predicted molar refractivity (Wildman–Crippen MR) is 49.4 cm³/mol. The molecule has 4 heteroatoms. The minimum atomic E-state index is -0.912. The summed E-state index contributed by atoms with van der Waals surface area (Å²) in [5.74, 6) is -0.102. The van der Waals surface area contributed by atoms with Gasteiger partial charge in [-0.25, -0.2) is 4.79 Å². The molecule has 0 bridgehead atoms. The molecule has 1 N–H and O–H groups in total. The van der Waals surface area contributed by atoms with Crippen LogP contribution in [0.1, 0.15) is 53.9 Å². The molecule has 0 saturated heterocycles. The second-order valence-corrected chi connectivity index (χ2v) is 3.65. The van der Waals surface area contributed by atoms with Crippen molar-refractivity contribution in [3.05, 3.63) is 17.0 Å². The summed E-state index contributed by atoms with van der Waals surface area (Å²) in [7, 11) is 0. The van der Waals surface area contributed by atoms with Gasteiger partial charge in [-0.15, -0.1) is 0 Å². The van der Waals surface area contributed by atoms with Crippen molar-refractivity contribution in [2.75, 3.05) is 0 Å². The number of hydrogen-bond donors (Lipinski definition) is 1. The van der Waals surface area contributed by atoms with Crippen LogP contribution in [0.2, 0.25) is 0 Å². The average molecular weight is 195 g/mol. The largest absolute Gasteiger partial charge is 0.477 e. The molecule has 0 radical (unpaired) electrons. The third-order valence-corrected chi connectivity index (χ3v) is 2.82. The SMILES string of the molecule is CCc1onc(C2CCC2)c1C(=O)O. The van der Waals surface area contributed by atoms with Crippen molar-refractivity contribution >= 4 is 5.97 Å². The standard InChI is InChI=1S/C10H13NO3/c1-2-7-8(10(12)13)9(11-14-7)6-4-3-5-6/h6H,2-5H2,1H3,(H,12,13). The monoisotopic (exact) mass is 195 g/mol. The van der Waals surface area contributed by atoms with Crippen molar-refractivity contribution in [1.82, 2.24) is 5.16 Å². The average Bonchev–Trinajstić information content (AvgIpc) is 2.44. The first-order valence-electron chi connectivity index (χ1n) is 4.95. The van der Waals surface area contributed by atoms with Crippen LogP contribution in [0.3, 0.4) is 0 Å². The zero-order valence-electron chi connectivity index (χ0n) is 8.12. The summed E-state index contributed by atoms with van der Waals surface area (Å²) in [4.78, 5) is 11.0. The molecular weight excluding hydrogens is 182 g/mol. The number of hydrogen-bond acceptors (Lipinski definition) is 3. The third kappa shape index (κ3) is 1.31. The molecule has 0 spiro atoms. The molecule has 4 nitrogen and oxygen atoms in total. The van der Waals surface area contributed by atoms with Gasteiger partial charge in [0, 0.05) is 12.3 Å². The number of aryl methyl sites for hydroxylation is 1. The van der Waals surface area contributed by atoms with Gasteiger partial charge in [0.2, 0.25) is 0 Å². The molecule has 1 saturated carbocycles. The van der Waals surface area contributed by atoms with Gasteiger partial charge in [0.25, 0.3) is 0 Å². The quantitative estimate of drug-likeness (QED) is 0.803. The van der Waals surface area contributed by atoms with Crippen molar-refractivity contribution in [3.8, 4) is 0 Å². The molecule has 1 aliphatic rings. The summed E-state index contributed by atoms with van der Waals surface area (Å²) in [6.45, 7) is 1.87. The highest BCUT2D eigenvalue weighted by atomic mass is 16.5. The molecule has 1 aromatic heterocycles. The normalized spacial score (nSPS) is 16.6. The van der Waals surface area contributed by atoms with Crippen molar-refractivity contribution in [2.24, 2.45) is 0 Å². The van der Waals surface area contributed by atoms with Crippen LogP contribution in [0.4, 0.5) is 0 Å². The van der Waals surface area contributed by atoms with Crippen LogP contribution in [0.5, 0.6) is 0 Å². The maximum Gasteiger partial charge on any atom is 0.341 e. The van der Waals surface area contributed by atoms with E-state index in [1.54, 1.807) is 0 Å². The number of carboxylic acids is 1. The summed E-state index contributed by atoms with van der Waals surface area (Å²) in [6.07, 6.45) is 3.82. The smallest absolute Gasteiger partial charge is 0.341 e. The van der Waals surface area contributed by atoms with Crippen LogP contribution < -0.4 is 0 Å². The summed E-state index contributed by atoms with van der Waals surface area (Å²) in [5, 5.41) is 12.9. The zero-order chi connectivity index (χ0) is 10.1. The molecule has 2 rings (SSSR count). The second kappa shape index (κ2) is 3.44. The third-order valence-electron chi connectivity index (χ3n) is 2.82. The maximum absolute atomic E-state index is 11.0. The van der Waals surface area contributed by atoms with Gasteiger partial charge in [-0.1, -0.05) is 18.5 Å². The Bertz CT molecular complexity index is 352. The van der Waals surface area contributed by atoms with Crippen LogP contribution >= 0.6 is 0 Å². The van der Waals surface area contributed by atoms with E-state index in [9.17, 15) is 4.79 Å². The Hall–Kier alpha value is -1.32. The lowest BCUT2D eigenvalue weighted by Crippen LogP contribution is -2.13. The number of nitrogens with zero attached hydrogens (tertiary/aromatic N) is 1. The summed E-state index contributed by atoms with van der Waals surface area (Å²) >= 11 is 0. The van der Waals surface area contributed by atoms with Crippen LogP contribution in [-0.4, -0.2) is 16.2 Å². The molecule has 1 aromatic rings. The number of rotatable bonds is 3. The first kappa shape index (κ1) is 9.24. The first-order chi connectivity index (χ1) is 6.74. The molecule has 0 aromatic carbocycles.